The van der Waals surface area contributed by atoms with Crippen molar-refractivity contribution in [2.24, 2.45) is 0 Å². The number of benzene rings is 2. The molecule has 3 rings (SSSR count). The van der Waals surface area contributed by atoms with Gasteiger partial charge in [-0.25, -0.2) is 8.42 Å². The van der Waals surface area contributed by atoms with E-state index in [0.717, 1.165) is 23.3 Å². The van der Waals surface area contributed by atoms with Gasteiger partial charge in [-0.05, 0) is 53.8 Å². The Kier molecular flexibility index (Phi) is 6.07. The van der Waals surface area contributed by atoms with E-state index in [-0.39, 0.29) is 9.77 Å². The molecular formula is C20H19ClN2O3S2. The average molecular weight is 435 g/mol. The first-order valence-electron chi connectivity index (χ1n) is 8.55. The molecule has 0 bridgehead atoms. The van der Waals surface area contributed by atoms with E-state index >= 15 is 0 Å². The molecule has 0 unspecified atom stereocenters. The minimum absolute atomic E-state index is 0.0286. The van der Waals surface area contributed by atoms with Crippen LogP contribution >= 0.6 is 22.9 Å². The third kappa shape index (κ3) is 4.22. The lowest BCUT2D eigenvalue weighted by Gasteiger charge is -2.20. The summed E-state index contributed by atoms with van der Waals surface area (Å²) in [6.07, 6.45) is 0.870. The zero-order valence-electron chi connectivity index (χ0n) is 15.3. The molecule has 1 heterocycles. The SMILES string of the molecule is CCc1ccc(N(C)S(=O)(=O)c2ccsc2C(=O)Nc2cccc(Cl)c2)cc1. The van der Waals surface area contributed by atoms with E-state index in [4.69, 9.17) is 11.6 Å². The van der Waals surface area contributed by atoms with Gasteiger partial charge in [-0.1, -0.05) is 36.7 Å². The Balaban J connectivity index is 1.89. The van der Waals surface area contributed by atoms with E-state index in [1.165, 1.54) is 17.4 Å². The third-order valence-corrected chi connectivity index (χ3v) is 7.37. The summed E-state index contributed by atoms with van der Waals surface area (Å²) in [5.74, 6) is -0.495. The minimum Gasteiger partial charge on any atom is -0.321 e. The minimum atomic E-state index is -3.89. The number of halogens is 1. The lowest BCUT2D eigenvalue weighted by molar-refractivity contribution is 0.102. The largest absolute Gasteiger partial charge is 0.321 e. The van der Waals surface area contributed by atoms with Gasteiger partial charge in [0.25, 0.3) is 15.9 Å². The van der Waals surface area contributed by atoms with Crippen molar-refractivity contribution in [1.82, 2.24) is 0 Å². The van der Waals surface area contributed by atoms with Crippen LogP contribution in [0.5, 0.6) is 0 Å². The first kappa shape index (κ1) is 20.4. The summed E-state index contributed by atoms with van der Waals surface area (Å²) < 4.78 is 27.4. The Bertz CT molecular complexity index is 1090. The second kappa shape index (κ2) is 8.34. The normalized spacial score (nSPS) is 11.2. The number of hydrogen-bond acceptors (Lipinski definition) is 4. The van der Waals surface area contributed by atoms with Crippen molar-refractivity contribution in [3.8, 4) is 0 Å². The van der Waals surface area contributed by atoms with Crippen LogP contribution in [-0.4, -0.2) is 21.4 Å². The van der Waals surface area contributed by atoms with Crippen molar-refractivity contribution >= 4 is 50.2 Å². The summed E-state index contributed by atoms with van der Waals surface area (Å²) >= 11 is 7.01. The van der Waals surface area contributed by atoms with Crippen molar-refractivity contribution in [1.29, 1.82) is 0 Å². The predicted octanol–water partition coefficient (Wildman–Crippen LogP) is 5.04. The Morgan fingerprint density at radius 1 is 1.14 bits per heavy atom. The van der Waals surface area contributed by atoms with Gasteiger partial charge in [-0.15, -0.1) is 11.3 Å². The van der Waals surface area contributed by atoms with E-state index in [9.17, 15) is 13.2 Å². The van der Waals surface area contributed by atoms with Crippen LogP contribution in [0.2, 0.25) is 5.02 Å². The van der Waals surface area contributed by atoms with Crippen molar-refractivity contribution in [2.75, 3.05) is 16.7 Å². The number of anilines is 2. The maximum atomic E-state index is 13.1. The number of amides is 1. The molecule has 2 aromatic carbocycles. The molecule has 0 atom stereocenters. The molecule has 0 spiro atoms. The number of hydrogen-bond donors (Lipinski definition) is 1. The van der Waals surface area contributed by atoms with Crippen LogP contribution in [0.4, 0.5) is 11.4 Å². The fourth-order valence-electron chi connectivity index (χ4n) is 2.65. The standard InChI is InChI=1S/C20H19ClN2O3S2/c1-3-14-7-9-17(10-8-14)23(2)28(25,26)18-11-12-27-19(18)20(24)22-16-6-4-5-15(21)13-16/h4-13H,3H2,1-2H3,(H,22,24). The van der Waals surface area contributed by atoms with Crippen molar-refractivity contribution in [2.45, 2.75) is 18.2 Å². The Morgan fingerprint density at radius 2 is 1.86 bits per heavy atom. The van der Waals surface area contributed by atoms with Crippen molar-refractivity contribution in [3.63, 3.8) is 0 Å². The van der Waals surface area contributed by atoms with Crippen LogP contribution in [0.15, 0.2) is 64.9 Å². The zero-order valence-corrected chi connectivity index (χ0v) is 17.7. The zero-order chi connectivity index (χ0) is 20.3. The lowest BCUT2D eigenvalue weighted by atomic mass is 10.1. The number of nitrogens with zero attached hydrogens (tertiary/aromatic N) is 1. The molecule has 0 fully saturated rings. The van der Waals surface area contributed by atoms with Crippen LogP contribution < -0.4 is 9.62 Å². The molecule has 0 aliphatic carbocycles. The highest BCUT2D eigenvalue weighted by atomic mass is 35.5. The van der Waals surface area contributed by atoms with Crippen LogP contribution in [0.25, 0.3) is 0 Å². The number of sulfonamides is 1. The van der Waals surface area contributed by atoms with E-state index in [1.807, 2.05) is 19.1 Å². The highest BCUT2D eigenvalue weighted by Gasteiger charge is 2.28. The maximum Gasteiger partial charge on any atom is 0.267 e. The molecule has 8 heteroatoms. The number of aryl methyl sites for hydroxylation is 1. The van der Waals surface area contributed by atoms with Gasteiger partial charge in [0.2, 0.25) is 0 Å². The number of carbonyl (C=O) groups excluding carboxylic acids is 1. The van der Waals surface area contributed by atoms with Gasteiger partial charge in [-0.3, -0.25) is 9.10 Å². The second-order valence-electron chi connectivity index (χ2n) is 6.07. The third-order valence-electron chi connectivity index (χ3n) is 4.26. The summed E-state index contributed by atoms with van der Waals surface area (Å²) in [4.78, 5) is 12.8. The molecule has 0 saturated heterocycles. The highest BCUT2D eigenvalue weighted by molar-refractivity contribution is 7.93. The molecule has 28 heavy (non-hydrogen) atoms. The fourth-order valence-corrected chi connectivity index (χ4v) is 5.33. The summed E-state index contributed by atoms with van der Waals surface area (Å²) in [5.41, 5.74) is 2.15. The Morgan fingerprint density at radius 3 is 2.50 bits per heavy atom. The van der Waals surface area contributed by atoms with Gasteiger partial charge in [0.1, 0.15) is 9.77 Å². The van der Waals surface area contributed by atoms with Crippen LogP contribution in [-0.2, 0) is 16.4 Å². The molecule has 0 saturated carbocycles. The number of rotatable bonds is 6. The first-order valence-corrected chi connectivity index (χ1v) is 11.2. The van der Waals surface area contributed by atoms with Crippen molar-refractivity contribution < 1.29 is 13.2 Å². The molecule has 1 amide bonds. The number of thiophene rings is 1. The molecule has 5 nitrogen and oxygen atoms in total. The lowest BCUT2D eigenvalue weighted by Crippen LogP contribution is -2.28. The van der Waals surface area contributed by atoms with E-state index in [2.05, 4.69) is 5.32 Å². The molecule has 0 radical (unpaired) electrons. The molecule has 0 aliphatic heterocycles. The molecule has 3 aromatic rings. The van der Waals surface area contributed by atoms with Crippen LogP contribution in [0.3, 0.4) is 0 Å². The van der Waals surface area contributed by atoms with Crippen LogP contribution in [0, 0.1) is 0 Å². The monoisotopic (exact) mass is 434 g/mol. The fraction of sp³-hybridized carbons (Fsp3) is 0.150. The predicted molar refractivity (Wildman–Crippen MR) is 115 cm³/mol. The maximum absolute atomic E-state index is 13.1. The first-order chi connectivity index (χ1) is 13.3. The summed E-state index contributed by atoms with van der Waals surface area (Å²) in [7, 11) is -2.41. The smallest absolute Gasteiger partial charge is 0.267 e. The van der Waals surface area contributed by atoms with Gasteiger partial charge in [0, 0.05) is 17.8 Å². The second-order valence-corrected chi connectivity index (χ2v) is 9.36. The van der Waals surface area contributed by atoms with Gasteiger partial charge in [0.05, 0.1) is 5.69 Å². The van der Waals surface area contributed by atoms with E-state index in [1.54, 1.807) is 41.8 Å². The van der Waals surface area contributed by atoms with Gasteiger partial charge in [-0.2, -0.15) is 0 Å². The number of nitrogens with one attached hydrogen (secondary N) is 1. The topological polar surface area (TPSA) is 66.5 Å². The van der Waals surface area contributed by atoms with Gasteiger partial charge >= 0.3 is 0 Å². The van der Waals surface area contributed by atoms with Crippen LogP contribution in [0.1, 0.15) is 22.2 Å². The average Bonchev–Trinajstić information content (AvgIpc) is 3.18. The van der Waals surface area contributed by atoms with Crippen molar-refractivity contribution in [3.05, 3.63) is 75.4 Å². The van der Waals surface area contributed by atoms with Gasteiger partial charge in [0.15, 0.2) is 0 Å². The number of carbonyl (C=O) groups is 1. The molecule has 1 N–H and O–H groups in total. The Labute approximate surface area is 173 Å². The van der Waals surface area contributed by atoms with E-state index in [0.29, 0.717) is 16.4 Å². The van der Waals surface area contributed by atoms with Gasteiger partial charge < -0.3 is 5.32 Å². The summed E-state index contributed by atoms with van der Waals surface area (Å²) in [5, 5.41) is 4.77. The quantitative estimate of drug-likeness (QED) is 0.590. The molecule has 0 aliphatic rings. The Hall–Kier alpha value is -2.35. The summed E-state index contributed by atoms with van der Waals surface area (Å²) in [6.45, 7) is 2.03. The molecule has 146 valence electrons. The highest BCUT2D eigenvalue weighted by Crippen LogP contribution is 2.29. The van der Waals surface area contributed by atoms with E-state index < -0.39 is 15.9 Å². The molecule has 1 aromatic heterocycles. The summed E-state index contributed by atoms with van der Waals surface area (Å²) in [6, 6.07) is 15.4. The molecular weight excluding hydrogens is 416 g/mol.